The van der Waals surface area contributed by atoms with Crippen LogP contribution in [0.4, 0.5) is 5.69 Å². The average Bonchev–Trinajstić information content (AvgIpc) is 2.17. The second-order valence-electron chi connectivity index (χ2n) is 3.00. The quantitative estimate of drug-likeness (QED) is 0.377. The van der Waals surface area contributed by atoms with Gasteiger partial charge in [0.2, 0.25) is 5.91 Å². The molecular weight excluding hydrogens is 289 g/mol. The maximum Gasteiger partial charge on any atom is 1.00 e. The molecule has 0 unspecified atom stereocenters. The SMILES string of the molecule is O=C(CCS)Nc1ccc(S(=O)(=O)[O-])cc1.[K+]. The Balaban J connectivity index is 0.00000256. The fraction of sp³-hybridized carbons (Fsp3) is 0.222. The summed E-state index contributed by atoms with van der Waals surface area (Å²) >= 11 is 3.90. The number of carbonyl (C=O) groups excluding carboxylic acids is 1. The number of anilines is 1. The Kier molecular flexibility index (Phi) is 8.17. The third kappa shape index (κ3) is 6.34. The number of rotatable bonds is 4. The van der Waals surface area contributed by atoms with E-state index in [1.165, 1.54) is 12.1 Å². The number of nitrogens with one attached hydrogen (secondary N) is 1. The number of benzene rings is 1. The van der Waals surface area contributed by atoms with E-state index in [9.17, 15) is 17.8 Å². The largest absolute Gasteiger partial charge is 1.00 e. The molecule has 0 aliphatic carbocycles. The summed E-state index contributed by atoms with van der Waals surface area (Å²) in [5.74, 6) is 0.214. The summed E-state index contributed by atoms with van der Waals surface area (Å²) in [4.78, 5) is 10.8. The van der Waals surface area contributed by atoms with Gasteiger partial charge in [-0.2, -0.15) is 12.6 Å². The van der Waals surface area contributed by atoms with Crippen molar-refractivity contribution in [2.24, 2.45) is 0 Å². The third-order valence-corrected chi connectivity index (χ3v) is 2.84. The molecule has 0 aliphatic heterocycles. The van der Waals surface area contributed by atoms with Crippen LogP contribution in [0.1, 0.15) is 6.42 Å². The van der Waals surface area contributed by atoms with Gasteiger partial charge in [-0.15, -0.1) is 0 Å². The van der Waals surface area contributed by atoms with Gasteiger partial charge in [0.1, 0.15) is 10.1 Å². The zero-order valence-electron chi connectivity index (χ0n) is 9.21. The minimum Gasteiger partial charge on any atom is -0.744 e. The smallest absolute Gasteiger partial charge is 0.744 e. The molecule has 1 aromatic carbocycles. The van der Waals surface area contributed by atoms with E-state index in [4.69, 9.17) is 0 Å². The van der Waals surface area contributed by atoms with Gasteiger partial charge < -0.3 is 9.87 Å². The van der Waals surface area contributed by atoms with Gasteiger partial charge in [-0.25, -0.2) is 8.42 Å². The first-order chi connectivity index (χ1) is 7.43. The Morgan fingerprint density at radius 1 is 1.29 bits per heavy atom. The van der Waals surface area contributed by atoms with E-state index in [0.717, 1.165) is 12.1 Å². The van der Waals surface area contributed by atoms with Gasteiger partial charge >= 0.3 is 51.4 Å². The first-order valence-electron chi connectivity index (χ1n) is 4.40. The van der Waals surface area contributed by atoms with Gasteiger partial charge in [0.25, 0.3) is 0 Å². The fourth-order valence-electron chi connectivity index (χ4n) is 1.03. The van der Waals surface area contributed by atoms with Crippen molar-refractivity contribution in [2.75, 3.05) is 11.1 Å². The van der Waals surface area contributed by atoms with Crippen LogP contribution in [0.5, 0.6) is 0 Å². The van der Waals surface area contributed by atoms with E-state index >= 15 is 0 Å². The second-order valence-corrected chi connectivity index (χ2v) is 4.83. The molecule has 1 amide bonds. The van der Waals surface area contributed by atoms with E-state index < -0.39 is 10.1 Å². The number of hydrogen-bond donors (Lipinski definition) is 2. The van der Waals surface area contributed by atoms with Gasteiger partial charge in [0.15, 0.2) is 0 Å². The molecule has 5 nitrogen and oxygen atoms in total. The number of hydrogen-bond acceptors (Lipinski definition) is 5. The predicted molar refractivity (Wildman–Crippen MR) is 61.5 cm³/mol. The van der Waals surface area contributed by atoms with Crippen LogP contribution in [0.15, 0.2) is 29.2 Å². The molecular formula is C9H10KNO4S2. The molecule has 17 heavy (non-hydrogen) atoms. The molecule has 0 spiro atoms. The summed E-state index contributed by atoms with van der Waals surface area (Å²) in [5.41, 5.74) is 0.444. The maximum atomic E-state index is 11.2. The normalized spacial score (nSPS) is 10.5. The molecule has 0 atom stereocenters. The first-order valence-corrected chi connectivity index (χ1v) is 6.44. The fourth-order valence-corrected chi connectivity index (χ4v) is 1.70. The molecule has 0 saturated heterocycles. The summed E-state index contributed by atoms with van der Waals surface area (Å²) in [6.45, 7) is 0. The summed E-state index contributed by atoms with van der Waals surface area (Å²) in [6.07, 6.45) is 0.269. The molecule has 1 aromatic rings. The molecule has 88 valence electrons. The van der Waals surface area contributed by atoms with E-state index in [2.05, 4.69) is 17.9 Å². The van der Waals surface area contributed by atoms with Crippen molar-refractivity contribution >= 4 is 34.3 Å². The van der Waals surface area contributed by atoms with Crippen LogP contribution in [0, 0.1) is 0 Å². The Morgan fingerprint density at radius 3 is 2.24 bits per heavy atom. The first kappa shape index (κ1) is 17.6. The van der Waals surface area contributed by atoms with E-state index in [-0.39, 0.29) is 68.6 Å². The summed E-state index contributed by atoms with van der Waals surface area (Å²) in [7, 11) is -4.43. The predicted octanol–water partition coefficient (Wildman–Crippen LogP) is -2.15. The minimum atomic E-state index is -4.43. The van der Waals surface area contributed by atoms with Crippen molar-refractivity contribution in [1.29, 1.82) is 0 Å². The summed E-state index contributed by atoms with van der Waals surface area (Å²) in [5, 5.41) is 2.54. The molecule has 0 aromatic heterocycles. The number of carbonyl (C=O) groups is 1. The molecule has 0 heterocycles. The number of amides is 1. The molecule has 0 fully saturated rings. The topological polar surface area (TPSA) is 86.3 Å². The Labute approximate surface area is 148 Å². The molecule has 1 N–H and O–H groups in total. The molecule has 0 radical (unpaired) electrons. The van der Waals surface area contributed by atoms with Crippen LogP contribution in [-0.2, 0) is 14.9 Å². The molecule has 1 rings (SSSR count). The van der Waals surface area contributed by atoms with Crippen molar-refractivity contribution in [3.8, 4) is 0 Å². The molecule has 0 aliphatic rings. The zero-order valence-corrected chi connectivity index (χ0v) is 14.0. The Hall–Kier alpha value is 0.586. The van der Waals surface area contributed by atoms with Gasteiger partial charge in [0.05, 0.1) is 4.90 Å². The van der Waals surface area contributed by atoms with E-state index in [0.29, 0.717) is 11.4 Å². The van der Waals surface area contributed by atoms with Gasteiger partial charge in [-0.1, -0.05) is 0 Å². The van der Waals surface area contributed by atoms with Crippen molar-refractivity contribution in [3.63, 3.8) is 0 Å². The standard InChI is InChI=1S/C9H11NO4S2.K/c11-9(5-6-15)10-7-1-3-8(4-2-7)16(12,13)14;/h1-4,15H,5-6H2,(H,10,11)(H,12,13,14);/q;+1/p-1. The maximum absolute atomic E-state index is 11.2. The van der Waals surface area contributed by atoms with Crippen LogP contribution in [-0.4, -0.2) is 24.6 Å². The van der Waals surface area contributed by atoms with Crippen molar-refractivity contribution in [1.82, 2.24) is 0 Å². The zero-order chi connectivity index (χ0) is 12.2. The van der Waals surface area contributed by atoms with Crippen molar-refractivity contribution in [2.45, 2.75) is 11.3 Å². The molecule has 0 saturated carbocycles. The van der Waals surface area contributed by atoms with Gasteiger partial charge in [0, 0.05) is 12.1 Å². The Morgan fingerprint density at radius 2 is 1.82 bits per heavy atom. The third-order valence-electron chi connectivity index (χ3n) is 1.77. The van der Waals surface area contributed by atoms with E-state index in [1.807, 2.05) is 0 Å². The summed E-state index contributed by atoms with van der Waals surface area (Å²) in [6, 6.07) is 5.03. The van der Waals surface area contributed by atoms with Crippen LogP contribution < -0.4 is 56.7 Å². The Bertz CT molecular complexity index is 472. The molecule has 8 heteroatoms. The molecule has 0 bridgehead atoms. The summed E-state index contributed by atoms with van der Waals surface area (Å²) < 4.78 is 31.8. The van der Waals surface area contributed by atoms with Gasteiger partial charge in [-0.3, -0.25) is 4.79 Å². The van der Waals surface area contributed by atoms with Crippen molar-refractivity contribution in [3.05, 3.63) is 24.3 Å². The van der Waals surface area contributed by atoms with Crippen molar-refractivity contribution < 1.29 is 69.1 Å². The average molecular weight is 299 g/mol. The van der Waals surface area contributed by atoms with Crippen LogP contribution in [0.2, 0.25) is 0 Å². The number of thiol groups is 1. The minimum absolute atomic E-state index is 0. The van der Waals surface area contributed by atoms with Crippen LogP contribution in [0.25, 0.3) is 0 Å². The van der Waals surface area contributed by atoms with Gasteiger partial charge in [-0.05, 0) is 30.0 Å². The second kappa shape index (κ2) is 7.90. The van der Waals surface area contributed by atoms with E-state index in [1.54, 1.807) is 0 Å². The van der Waals surface area contributed by atoms with Crippen LogP contribution in [0.3, 0.4) is 0 Å². The monoisotopic (exact) mass is 299 g/mol. The van der Waals surface area contributed by atoms with Crippen LogP contribution >= 0.6 is 12.6 Å².